The third kappa shape index (κ3) is 1.56. The van der Waals surface area contributed by atoms with Gasteiger partial charge in [-0.15, -0.1) is 21.5 Å². The molecule has 15 heavy (non-hydrogen) atoms. The molecule has 0 saturated heterocycles. The molecule has 0 spiro atoms. The number of fused-ring (bicyclic) bond motifs is 3. The number of hydrogen-bond donors (Lipinski definition) is 0. The highest BCUT2D eigenvalue weighted by Gasteiger charge is 2.17. The van der Waals surface area contributed by atoms with Crippen molar-refractivity contribution in [3.05, 3.63) is 33.1 Å². The summed E-state index contributed by atoms with van der Waals surface area (Å²) in [7, 11) is 0. The first-order valence-corrected chi connectivity index (χ1v) is 6.19. The molecule has 2 nitrogen and oxygen atoms in total. The highest BCUT2D eigenvalue weighted by molar-refractivity contribution is 7.10. The number of aromatic nitrogens is 2. The zero-order valence-electron chi connectivity index (χ0n) is 8.03. The number of hydrogen-bond acceptors (Lipinski definition) is 3. The maximum absolute atomic E-state index is 5.86. The molecule has 1 aliphatic carbocycles. The molecule has 2 aromatic heterocycles. The van der Waals surface area contributed by atoms with Gasteiger partial charge in [0.05, 0.1) is 5.69 Å². The molecule has 0 saturated carbocycles. The first kappa shape index (κ1) is 9.31. The molecule has 0 atom stereocenters. The quantitative estimate of drug-likeness (QED) is 0.701. The van der Waals surface area contributed by atoms with Crippen molar-refractivity contribution in [1.29, 1.82) is 0 Å². The van der Waals surface area contributed by atoms with Gasteiger partial charge in [-0.2, -0.15) is 0 Å². The molecule has 0 bridgehead atoms. The molecule has 0 unspecified atom stereocenters. The van der Waals surface area contributed by atoms with Gasteiger partial charge < -0.3 is 0 Å². The zero-order chi connectivity index (χ0) is 10.3. The van der Waals surface area contributed by atoms with E-state index in [2.05, 4.69) is 21.6 Å². The van der Waals surface area contributed by atoms with Gasteiger partial charge in [-0.05, 0) is 42.3 Å². The number of nitrogens with zero attached hydrogens (tertiary/aromatic N) is 2. The van der Waals surface area contributed by atoms with Crippen LogP contribution in [0.1, 0.15) is 16.9 Å². The van der Waals surface area contributed by atoms with Crippen LogP contribution in [-0.2, 0) is 12.8 Å². The fourth-order valence-electron chi connectivity index (χ4n) is 2.01. The smallest absolute Gasteiger partial charge is 0.149 e. The van der Waals surface area contributed by atoms with Crippen LogP contribution >= 0.6 is 22.9 Å². The van der Waals surface area contributed by atoms with E-state index in [-0.39, 0.29) is 0 Å². The Balaban J connectivity index is 2.25. The van der Waals surface area contributed by atoms with Crippen LogP contribution in [0.4, 0.5) is 0 Å². The first-order valence-electron chi connectivity index (χ1n) is 4.93. The molecule has 0 aromatic carbocycles. The summed E-state index contributed by atoms with van der Waals surface area (Å²) in [6.45, 7) is 0. The Morgan fingerprint density at radius 3 is 3.13 bits per heavy atom. The highest BCUT2D eigenvalue weighted by atomic mass is 35.5. The third-order valence-electron chi connectivity index (χ3n) is 2.69. The predicted molar refractivity (Wildman–Crippen MR) is 62.4 cm³/mol. The van der Waals surface area contributed by atoms with Crippen LogP contribution < -0.4 is 0 Å². The van der Waals surface area contributed by atoms with Crippen LogP contribution in [0.25, 0.3) is 11.3 Å². The van der Waals surface area contributed by atoms with Crippen molar-refractivity contribution in [3.8, 4) is 11.3 Å². The molecule has 2 heterocycles. The molecule has 3 rings (SSSR count). The second-order valence-electron chi connectivity index (χ2n) is 3.65. The minimum atomic E-state index is 0.493. The Morgan fingerprint density at radius 2 is 2.20 bits per heavy atom. The lowest BCUT2D eigenvalue weighted by molar-refractivity contribution is 0.837. The highest BCUT2D eigenvalue weighted by Crippen LogP contribution is 2.34. The van der Waals surface area contributed by atoms with E-state index in [1.807, 2.05) is 6.07 Å². The van der Waals surface area contributed by atoms with Crippen LogP contribution in [-0.4, -0.2) is 10.2 Å². The maximum atomic E-state index is 5.86. The lowest BCUT2D eigenvalue weighted by Crippen LogP contribution is -1.94. The monoisotopic (exact) mass is 236 g/mol. The van der Waals surface area contributed by atoms with E-state index >= 15 is 0 Å². The molecule has 76 valence electrons. The molecule has 0 aliphatic heterocycles. The van der Waals surface area contributed by atoms with Crippen molar-refractivity contribution >= 4 is 22.9 Å². The van der Waals surface area contributed by atoms with Crippen molar-refractivity contribution in [2.24, 2.45) is 0 Å². The van der Waals surface area contributed by atoms with Gasteiger partial charge in [0, 0.05) is 10.4 Å². The van der Waals surface area contributed by atoms with Crippen molar-refractivity contribution in [3.63, 3.8) is 0 Å². The van der Waals surface area contributed by atoms with Gasteiger partial charge >= 0.3 is 0 Å². The Morgan fingerprint density at radius 1 is 1.27 bits per heavy atom. The summed E-state index contributed by atoms with van der Waals surface area (Å²) in [6, 6.07) is 4.07. The lowest BCUT2D eigenvalue weighted by Gasteiger charge is -2.03. The summed E-state index contributed by atoms with van der Waals surface area (Å²) in [4.78, 5) is 1.42. The van der Waals surface area contributed by atoms with Gasteiger partial charge in [-0.3, -0.25) is 0 Å². The van der Waals surface area contributed by atoms with Gasteiger partial charge in [-0.1, -0.05) is 11.6 Å². The summed E-state index contributed by atoms with van der Waals surface area (Å²) in [5.74, 6) is 0. The number of thiophene rings is 1. The van der Waals surface area contributed by atoms with E-state index < -0.39 is 0 Å². The van der Waals surface area contributed by atoms with Crippen molar-refractivity contribution in [2.45, 2.75) is 19.3 Å². The predicted octanol–water partition coefficient (Wildman–Crippen LogP) is 3.35. The van der Waals surface area contributed by atoms with Crippen molar-refractivity contribution in [2.75, 3.05) is 0 Å². The summed E-state index contributed by atoms with van der Waals surface area (Å²) in [5.41, 5.74) is 3.50. The maximum Gasteiger partial charge on any atom is 0.152 e. The second-order valence-corrected chi connectivity index (χ2v) is 5.04. The molecule has 4 heteroatoms. The minimum Gasteiger partial charge on any atom is -0.149 e. The summed E-state index contributed by atoms with van der Waals surface area (Å²) in [6.07, 6.45) is 3.36. The van der Waals surface area contributed by atoms with Crippen LogP contribution in [0, 0.1) is 0 Å². The molecule has 0 amide bonds. The average molecular weight is 237 g/mol. The van der Waals surface area contributed by atoms with Gasteiger partial charge in [0.25, 0.3) is 0 Å². The average Bonchev–Trinajstić information content (AvgIpc) is 2.61. The van der Waals surface area contributed by atoms with Crippen LogP contribution in [0.2, 0.25) is 5.15 Å². The normalized spacial score (nSPS) is 14.2. The fourth-order valence-corrected chi connectivity index (χ4v) is 3.10. The van der Waals surface area contributed by atoms with Gasteiger partial charge in [0.2, 0.25) is 0 Å². The van der Waals surface area contributed by atoms with Crippen LogP contribution in [0.3, 0.4) is 0 Å². The fraction of sp³-hybridized carbons (Fsp3) is 0.273. The van der Waals surface area contributed by atoms with Crippen molar-refractivity contribution in [1.82, 2.24) is 10.2 Å². The van der Waals surface area contributed by atoms with Gasteiger partial charge in [0.15, 0.2) is 5.15 Å². The molecular formula is C11H9ClN2S. The number of aryl methyl sites for hydroxylation is 2. The van der Waals surface area contributed by atoms with E-state index in [0.29, 0.717) is 5.15 Å². The van der Waals surface area contributed by atoms with Gasteiger partial charge in [0.1, 0.15) is 0 Å². The van der Waals surface area contributed by atoms with E-state index in [9.17, 15) is 0 Å². The second kappa shape index (κ2) is 3.58. The Bertz CT molecular complexity index is 507. The largest absolute Gasteiger partial charge is 0.152 e. The van der Waals surface area contributed by atoms with E-state index in [0.717, 1.165) is 18.5 Å². The molecule has 2 aromatic rings. The lowest BCUT2D eigenvalue weighted by atomic mass is 10.1. The summed E-state index contributed by atoms with van der Waals surface area (Å²) in [5, 5.41) is 10.8. The molecule has 0 fully saturated rings. The summed E-state index contributed by atoms with van der Waals surface area (Å²) >= 11 is 7.67. The first-order chi connectivity index (χ1) is 7.34. The van der Waals surface area contributed by atoms with Crippen LogP contribution in [0.15, 0.2) is 17.5 Å². The van der Waals surface area contributed by atoms with Gasteiger partial charge in [-0.25, -0.2) is 0 Å². The van der Waals surface area contributed by atoms with E-state index in [1.165, 1.54) is 22.4 Å². The molecule has 0 N–H and O–H groups in total. The zero-order valence-corrected chi connectivity index (χ0v) is 9.61. The number of halogens is 1. The molecular weight excluding hydrogens is 228 g/mol. The van der Waals surface area contributed by atoms with Crippen molar-refractivity contribution < 1.29 is 0 Å². The SMILES string of the molecule is Clc1cc2c(nn1)-c1ccsc1CCC2. The summed E-state index contributed by atoms with van der Waals surface area (Å²) < 4.78 is 0. The number of rotatable bonds is 0. The standard InChI is InChI=1S/C11H9ClN2S/c12-10-6-7-2-1-3-9-8(4-5-15-9)11(7)14-13-10/h4-6H,1-3H2. The minimum absolute atomic E-state index is 0.493. The Labute approximate surface area is 96.9 Å². The third-order valence-corrected chi connectivity index (χ3v) is 3.86. The molecule has 0 radical (unpaired) electrons. The van der Waals surface area contributed by atoms with E-state index in [4.69, 9.17) is 11.6 Å². The molecule has 1 aliphatic rings. The topological polar surface area (TPSA) is 25.8 Å². The van der Waals surface area contributed by atoms with E-state index in [1.54, 1.807) is 11.3 Å². The Kier molecular flexibility index (Phi) is 2.22. The van der Waals surface area contributed by atoms with Crippen LogP contribution in [0.5, 0.6) is 0 Å². The Hall–Kier alpha value is -0.930.